The molecule has 0 fully saturated rings. The van der Waals surface area contributed by atoms with Crippen molar-refractivity contribution >= 4 is 11.8 Å². The number of nitrogens with zero attached hydrogens (tertiary/aromatic N) is 4. The van der Waals surface area contributed by atoms with Crippen LogP contribution in [-0.4, -0.2) is 65.2 Å². The second-order valence-corrected chi connectivity index (χ2v) is 7.13. The van der Waals surface area contributed by atoms with Crippen molar-refractivity contribution in [2.75, 3.05) is 33.8 Å². The van der Waals surface area contributed by atoms with Crippen LogP contribution in [0.4, 0.5) is 0 Å². The number of methoxy groups -OCH3 is 1. The van der Waals surface area contributed by atoms with Crippen molar-refractivity contribution in [2.45, 2.75) is 13.8 Å². The van der Waals surface area contributed by atoms with Crippen LogP contribution >= 0.6 is 0 Å². The van der Waals surface area contributed by atoms with Gasteiger partial charge in [0.25, 0.3) is 5.91 Å². The topological polar surface area (TPSA) is 67.7 Å². The summed E-state index contributed by atoms with van der Waals surface area (Å²) in [4.78, 5) is 29.0. The number of likely N-dealkylation sites (N-methyl/N-ethyl adjacent to an activating group) is 2. The van der Waals surface area contributed by atoms with Crippen molar-refractivity contribution < 1.29 is 14.3 Å². The van der Waals surface area contributed by atoms with Crippen LogP contribution in [0.3, 0.4) is 0 Å². The number of ether oxygens (including phenoxy) is 1. The largest absolute Gasteiger partial charge is 0.497 e. The quantitative estimate of drug-likeness (QED) is 0.560. The molecule has 7 heteroatoms. The number of para-hydroxylation sites is 1. The Morgan fingerprint density at radius 1 is 1.00 bits per heavy atom. The standard InChI is InChI=1S/C24H28N4O3/c1-5-27(6-2)22(29)17-26(3)24(30)21-16-28(19-10-8-7-9-11-19)25-23(21)18-12-14-20(31-4)15-13-18/h7-16H,5-6,17H2,1-4H3. The highest BCUT2D eigenvalue weighted by Gasteiger charge is 2.24. The summed E-state index contributed by atoms with van der Waals surface area (Å²) in [5.74, 6) is 0.386. The Hall–Kier alpha value is -3.61. The molecule has 3 rings (SSSR count). The van der Waals surface area contributed by atoms with Crippen LogP contribution < -0.4 is 4.74 Å². The number of carbonyl (C=O) groups is 2. The minimum absolute atomic E-state index is 0.0130. The minimum atomic E-state index is -0.256. The first-order valence-electron chi connectivity index (χ1n) is 10.3. The van der Waals surface area contributed by atoms with Gasteiger partial charge in [0.15, 0.2) is 0 Å². The van der Waals surface area contributed by atoms with Gasteiger partial charge in [0.2, 0.25) is 5.91 Å². The number of benzene rings is 2. The highest BCUT2D eigenvalue weighted by Crippen LogP contribution is 2.26. The van der Waals surface area contributed by atoms with E-state index in [1.165, 1.54) is 4.90 Å². The van der Waals surface area contributed by atoms with E-state index in [1.807, 2.05) is 68.4 Å². The molecule has 162 valence electrons. The normalized spacial score (nSPS) is 10.6. The van der Waals surface area contributed by atoms with E-state index in [-0.39, 0.29) is 18.4 Å². The molecule has 31 heavy (non-hydrogen) atoms. The Morgan fingerprint density at radius 2 is 1.65 bits per heavy atom. The number of carbonyl (C=O) groups excluding carboxylic acids is 2. The molecule has 0 atom stereocenters. The fourth-order valence-electron chi connectivity index (χ4n) is 3.36. The maximum Gasteiger partial charge on any atom is 0.257 e. The van der Waals surface area contributed by atoms with Gasteiger partial charge in [-0.3, -0.25) is 9.59 Å². The van der Waals surface area contributed by atoms with Crippen molar-refractivity contribution in [1.29, 1.82) is 0 Å². The van der Waals surface area contributed by atoms with Gasteiger partial charge in [0.05, 0.1) is 24.9 Å². The van der Waals surface area contributed by atoms with E-state index in [4.69, 9.17) is 4.74 Å². The molecule has 0 bridgehead atoms. The summed E-state index contributed by atoms with van der Waals surface area (Å²) in [5, 5.41) is 4.69. The first-order valence-corrected chi connectivity index (χ1v) is 10.3. The first kappa shape index (κ1) is 22.1. The van der Waals surface area contributed by atoms with E-state index in [0.717, 1.165) is 17.0 Å². The van der Waals surface area contributed by atoms with Crippen LogP contribution in [0.2, 0.25) is 0 Å². The number of aromatic nitrogens is 2. The molecule has 0 radical (unpaired) electrons. The average molecular weight is 421 g/mol. The summed E-state index contributed by atoms with van der Waals surface area (Å²) in [6.45, 7) is 5.09. The zero-order valence-corrected chi connectivity index (χ0v) is 18.4. The summed E-state index contributed by atoms with van der Waals surface area (Å²) in [6, 6.07) is 17.0. The molecule has 1 aromatic heterocycles. The number of hydrogen-bond acceptors (Lipinski definition) is 4. The predicted octanol–water partition coefficient (Wildman–Crippen LogP) is 3.49. The van der Waals surface area contributed by atoms with E-state index in [1.54, 1.807) is 29.9 Å². The Morgan fingerprint density at radius 3 is 2.23 bits per heavy atom. The van der Waals surface area contributed by atoms with Gasteiger partial charge >= 0.3 is 0 Å². The molecular weight excluding hydrogens is 392 g/mol. The van der Waals surface area contributed by atoms with Crippen LogP contribution in [0.1, 0.15) is 24.2 Å². The van der Waals surface area contributed by atoms with Crippen LogP contribution in [0.25, 0.3) is 16.9 Å². The molecule has 3 aromatic rings. The van der Waals surface area contributed by atoms with Crippen molar-refractivity contribution in [3.8, 4) is 22.7 Å². The zero-order chi connectivity index (χ0) is 22.4. The molecule has 0 spiro atoms. The van der Waals surface area contributed by atoms with Gasteiger partial charge in [-0.2, -0.15) is 5.10 Å². The Labute approximate surface area is 182 Å². The molecule has 2 aromatic carbocycles. The molecule has 0 saturated heterocycles. The fraction of sp³-hybridized carbons (Fsp3) is 0.292. The highest BCUT2D eigenvalue weighted by molar-refractivity contribution is 6.01. The van der Waals surface area contributed by atoms with E-state index < -0.39 is 0 Å². The van der Waals surface area contributed by atoms with Crippen molar-refractivity contribution in [1.82, 2.24) is 19.6 Å². The molecule has 0 unspecified atom stereocenters. The predicted molar refractivity (Wildman–Crippen MR) is 120 cm³/mol. The summed E-state index contributed by atoms with van der Waals surface area (Å²) in [7, 11) is 3.25. The monoisotopic (exact) mass is 420 g/mol. The van der Waals surface area contributed by atoms with Crippen LogP contribution in [0.15, 0.2) is 60.8 Å². The first-order chi connectivity index (χ1) is 15.0. The lowest BCUT2D eigenvalue weighted by atomic mass is 10.1. The van der Waals surface area contributed by atoms with Gasteiger partial charge in [-0.15, -0.1) is 0 Å². The fourth-order valence-corrected chi connectivity index (χ4v) is 3.36. The summed E-state index contributed by atoms with van der Waals surface area (Å²) >= 11 is 0. The zero-order valence-electron chi connectivity index (χ0n) is 18.4. The lowest BCUT2D eigenvalue weighted by molar-refractivity contribution is -0.131. The lowest BCUT2D eigenvalue weighted by Crippen LogP contribution is -2.41. The Kier molecular flexibility index (Phi) is 7.07. The summed E-state index contributed by atoms with van der Waals surface area (Å²) in [6.07, 6.45) is 1.72. The minimum Gasteiger partial charge on any atom is -0.497 e. The van der Waals surface area contributed by atoms with E-state index in [9.17, 15) is 9.59 Å². The maximum atomic E-state index is 13.3. The molecule has 7 nitrogen and oxygen atoms in total. The number of hydrogen-bond donors (Lipinski definition) is 0. The summed E-state index contributed by atoms with van der Waals surface area (Å²) in [5.41, 5.74) is 2.63. The molecule has 2 amide bonds. The third-order valence-corrected chi connectivity index (χ3v) is 5.16. The Bertz CT molecular complexity index is 1020. The smallest absolute Gasteiger partial charge is 0.257 e. The van der Waals surface area contributed by atoms with Gasteiger partial charge in [-0.05, 0) is 50.2 Å². The van der Waals surface area contributed by atoms with Crippen molar-refractivity contribution in [2.24, 2.45) is 0 Å². The molecule has 0 N–H and O–H groups in total. The molecule has 0 aliphatic rings. The van der Waals surface area contributed by atoms with E-state index >= 15 is 0 Å². The van der Waals surface area contributed by atoms with Crippen molar-refractivity contribution in [3.63, 3.8) is 0 Å². The number of rotatable bonds is 8. The van der Waals surface area contributed by atoms with Gasteiger partial charge in [0, 0.05) is 31.9 Å². The SMILES string of the molecule is CCN(CC)C(=O)CN(C)C(=O)c1cn(-c2ccccc2)nc1-c1ccc(OC)cc1. The van der Waals surface area contributed by atoms with Crippen molar-refractivity contribution in [3.05, 3.63) is 66.4 Å². The van der Waals surface area contributed by atoms with Crippen LogP contribution in [-0.2, 0) is 4.79 Å². The molecule has 1 heterocycles. The van der Waals surface area contributed by atoms with E-state index in [2.05, 4.69) is 5.10 Å². The van der Waals surface area contributed by atoms with Gasteiger partial charge < -0.3 is 14.5 Å². The third kappa shape index (κ3) is 4.94. The van der Waals surface area contributed by atoms with E-state index in [0.29, 0.717) is 24.3 Å². The van der Waals surface area contributed by atoms with Gasteiger partial charge in [0.1, 0.15) is 11.4 Å². The lowest BCUT2D eigenvalue weighted by Gasteiger charge is -2.23. The maximum absolute atomic E-state index is 13.3. The third-order valence-electron chi connectivity index (χ3n) is 5.16. The highest BCUT2D eigenvalue weighted by atomic mass is 16.5. The van der Waals surface area contributed by atoms with Crippen LogP contribution in [0, 0.1) is 0 Å². The molecule has 0 aliphatic heterocycles. The molecular formula is C24H28N4O3. The summed E-state index contributed by atoms with van der Waals surface area (Å²) < 4.78 is 6.93. The molecule has 0 aliphatic carbocycles. The van der Waals surface area contributed by atoms with Gasteiger partial charge in [-0.25, -0.2) is 4.68 Å². The Balaban J connectivity index is 1.97. The second kappa shape index (κ2) is 9.93. The van der Waals surface area contributed by atoms with Gasteiger partial charge in [-0.1, -0.05) is 18.2 Å². The van der Waals surface area contributed by atoms with Crippen LogP contribution in [0.5, 0.6) is 5.75 Å². The average Bonchev–Trinajstić information content (AvgIpc) is 3.25. The molecule has 0 saturated carbocycles. The number of amides is 2. The second-order valence-electron chi connectivity index (χ2n) is 7.13.